The molecular weight excluding hydrogens is 466 g/mol. The van der Waals surface area contributed by atoms with Gasteiger partial charge in [-0.15, -0.1) is 0 Å². The van der Waals surface area contributed by atoms with E-state index in [-0.39, 0.29) is 23.5 Å². The van der Waals surface area contributed by atoms with Crippen molar-refractivity contribution in [2.24, 2.45) is 17.8 Å². The van der Waals surface area contributed by atoms with Crippen LogP contribution in [-0.4, -0.2) is 64.3 Å². The number of carboxylic acid groups (broad SMARTS) is 1. The summed E-state index contributed by atoms with van der Waals surface area (Å²) in [6.45, 7) is 5.18. The normalized spacial score (nSPS) is 19.8. The fourth-order valence-electron chi connectivity index (χ4n) is 4.28. The molecule has 0 aromatic rings. The lowest BCUT2D eigenvalue weighted by molar-refractivity contribution is -0.135. The van der Waals surface area contributed by atoms with E-state index in [1.165, 1.54) is 7.11 Å². The molecule has 36 heavy (non-hydrogen) atoms. The van der Waals surface area contributed by atoms with Gasteiger partial charge in [-0.2, -0.15) is 0 Å². The van der Waals surface area contributed by atoms with Crippen molar-refractivity contribution in [3.05, 3.63) is 36.0 Å². The minimum Gasteiger partial charge on any atom is -0.478 e. The summed E-state index contributed by atoms with van der Waals surface area (Å²) in [5.74, 6) is -2.54. The van der Waals surface area contributed by atoms with Gasteiger partial charge in [-0.05, 0) is 44.1 Å². The Labute approximate surface area is 213 Å². The number of carboxylic acids is 1. The van der Waals surface area contributed by atoms with Crippen LogP contribution in [0.4, 0.5) is 0 Å². The zero-order valence-electron chi connectivity index (χ0n) is 21.7. The molecule has 5 atom stereocenters. The number of carbonyl (C=O) groups excluding carboxylic acids is 3. The summed E-state index contributed by atoms with van der Waals surface area (Å²) in [5.41, 5.74) is 0.578. The summed E-state index contributed by atoms with van der Waals surface area (Å²) < 4.78 is 5.36. The molecule has 1 fully saturated rings. The molecule has 0 spiro atoms. The number of carbonyl (C=O) groups is 4. The molecule has 1 heterocycles. The number of ether oxygens (including phenoxy) is 1. The van der Waals surface area contributed by atoms with Gasteiger partial charge in [0.05, 0.1) is 12.2 Å². The Hall–Kier alpha value is -2.62. The smallest absolute Gasteiger partial charge is 0.327 e. The SMILES string of the molecule is CO[C@H](/C=C/CC/C=C/C(=O)O)[C@@H](O)[C@H](C)[C@@H](O)/C(C)=C/[C@H](C)C(=O)CCCC1CC(=O)NC(=O)C1. The zero-order valence-corrected chi connectivity index (χ0v) is 21.7. The first kappa shape index (κ1) is 31.4. The zero-order chi connectivity index (χ0) is 27.3. The molecule has 2 amide bonds. The van der Waals surface area contributed by atoms with E-state index in [1.807, 2.05) is 0 Å². The third-order valence-electron chi connectivity index (χ3n) is 6.48. The van der Waals surface area contributed by atoms with Crippen LogP contribution in [0.15, 0.2) is 36.0 Å². The number of unbranched alkanes of at least 4 members (excludes halogenated alkanes) is 1. The van der Waals surface area contributed by atoms with Crippen LogP contribution >= 0.6 is 0 Å². The van der Waals surface area contributed by atoms with Crippen LogP contribution in [0.25, 0.3) is 0 Å². The molecule has 4 N–H and O–H groups in total. The van der Waals surface area contributed by atoms with Gasteiger partial charge in [0.2, 0.25) is 11.8 Å². The number of piperidine rings is 1. The first-order valence-corrected chi connectivity index (χ1v) is 12.4. The van der Waals surface area contributed by atoms with Crippen molar-refractivity contribution in [3.8, 4) is 0 Å². The van der Waals surface area contributed by atoms with E-state index in [1.54, 1.807) is 45.1 Å². The van der Waals surface area contributed by atoms with E-state index in [9.17, 15) is 29.4 Å². The number of imide groups is 1. The number of amides is 2. The molecule has 1 aliphatic heterocycles. The lowest BCUT2D eigenvalue weighted by Gasteiger charge is -2.29. The first-order chi connectivity index (χ1) is 17.0. The second-order valence-electron chi connectivity index (χ2n) is 9.54. The Morgan fingerprint density at radius 3 is 2.31 bits per heavy atom. The molecule has 9 nitrogen and oxygen atoms in total. The second kappa shape index (κ2) is 16.2. The molecule has 0 aromatic carbocycles. The van der Waals surface area contributed by atoms with Crippen molar-refractivity contribution in [2.45, 2.75) is 84.0 Å². The average molecular weight is 508 g/mol. The summed E-state index contributed by atoms with van der Waals surface area (Å²) in [6, 6.07) is 0. The lowest BCUT2D eigenvalue weighted by Crippen LogP contribution is -2.39. The quantitative estimate of drug-likeness (QED) is 0.108. The molecular formula is C27H41NO8. The number of aliphatic carboxylic acids is 1. The second-order valence-corrected chi connectivity index (χ2v) is 9.54. The molecule has 0 radical (unpaired) electrons. The van der Waals surface area contributed by atoms with Crippen molar-refractivity contribution in [1.29, 1.82) is 0 Å². The van der Waals surface area contributed by atoms with Gasteiger partial charge in [-0.25, -0.2) is 4.79 Å². The molecule has 0 aromatic heterocycles. The molecule has 1 saturated heterocycles. The van der Waals surface area contributed by atoms with Gasteiger partial charge in [-0.3, -0.25) is 19.7 Å². The Kier molecular flexibility index (Phi) is 14.1. The summed E-state index contributed by atoms with van der Waals surface area (Å²) in [7, 11) is 1.46. The number of allylic oxidation sites excluding steroid dienone is 3. The molecule has 1 rings (SSSR count). The van der Waals surface area contributed by atoms with Crippen LogP contribution in [0.5, 0.6) is 0 Å². The number of nitrogens with one attached hydrogen (secondary N) is 1. The third-order valence-corrected chi connectivity index (χ3v) is 6.48. The molecule has 1 aliphatic rings. The summed E-state index contributed by atoms with van der Waals surface area (Å²) in [4.78, 5) is 46.0. The monoisotopic (exact) mass is 507 g/mol. The Bertz CT molecular complexity index is 831. The standard InChI is InChI=1S/C27H41NO8/c1-17(21(29)11-9-10-20-15-23(30)28-24(31)16-20)14-18(2)26(34)19(3)27(35)22(36-4)12-7-5-6-8-13-25(32)33/h7-8,12-14,17,19-20,22,26-27,34-35H,5-6,9-11,15-16H2,1-4H3,(H,32,33)(H,28,30,31)/b12-7+,13-8+,18-14+/t17-,19+,22+,26-,27-/m0/s1. The first-order valence-electron chi connectivity index (χ1n) is 12.4. The van der Waals surface area contributed by atoms with E-state index >= 15 is 0 Å². The largest absolute Gasteiger partial charge is 0.478 e. The highest BCUT2D eigenvalue weighted by Gasteiger charge is 2.30. The molecule has 0 aliphatic carbocycles. The van der Waals surface area contributed by atoms with Crippen molar-refractivity contribution < 1.29 is 39.2 Å². The van der Waals surface area contributed by atoms with Crippen molar-refractivity contribution >= 4 is 23.6 Å². The molecule has 0 unspecified atom stereocenters. The third kappa shape index (κ3) is 11.4. The number of aliphatic hydroxyl groups is 2. The highest BCUT2D eigenvalue weighted by atomic mass is 16.5. The average Bonchev–Trinajstić information content (AvgIpc) is 2.81. The van der Waals surface area contributed by atoms with E-state index in [4.69, 9.17) is 9.84 Å². The predicted molar refractivity (Wildman–Crippen MR) is 135 cm³/mol. The number of rotatable bonds is 16. The fraction of sp³-hybridized carbons (Fsp3) is 0.630. The number of ketones is 1. The molecule has 0 saturated carbocycles. The van der Waals surface area contributed by atoms with E-state index < -0.39 is 36.1 Å². The van der Waals surface area contributed by atoms with E-state index in [2.05, 4.69) is 5.32 Å². The van der Waals surface area contributed by atoms with Crippen LogP contribution in [0.2, 0.25) is 0 Å². The minimum atomic E-state index is -1.00. The maximum Gasteiger partial charge on any atom is 0.327 e. The van der Waals surface area contributed by atoms with Crippen LogP contribution in [-0.2, 0) is 23.9 Å². The highest BCUT2D eigenvalue weighted by molar-refractivity contribution is 5.97. The van der Waals surface area contributed by atoms with Gasteiger partial charge >= 0.3 is 5.97 Å². The summed E-state index contributed by atoms with van der Waals surface area (Å²) in [6.07, 6.45) is 8.46. The van der Waals surface area contributed by atoms with Gasteiger partial charge in [0.25, 0.3) is 0 Å². The highest BCUT2D eigenvalue weighted by Crippen LogP contribution is 2.23. The van der Waals surface area contributed by atoms with Crippen LogP contribution in [0.1, 0.15) is 65.7 Å². The number of hydrogen-bond acceptors (Lipinski definition) is 7. The van der Waals surface area contributed by atoms with Gasteiger partial charge in [0.15, 0.2) is 0 Å². The number of hydrogen-bond donors (Lipinski definition) is 4. The number of methoxy groups -OCH3 is 1. The van der Waals surface area contributed by atoms with Crippen LogP contribution < -0.4 is 5.32 Å². The van der Waals surface area contributed by atoms with Gasteiger partial charge in [0.1, 0.15) is 11.9 Å². The van der Waals surface area contributed by atoms with Gasteiger partial charge in [-0.1, -0.05) is 38.2 Å². The summed E-state index contributed by atoms with van der Waals surface area (Å²) >= 11 is 0. The maximum absolute atomic E-state index is 12.6. The van der Waals surface area contributed by atoms with Crippen molar-refractivity contribution in [3.63, 3.8) is 0 Å². The van der Waals surface area contributed by atoms with E-state index in [0.717, 1.165) is 6.08 Å². The maximum atomic E-state index is 12.6. The topological polar surface area (TPSA) is 150 Å². The van der Waals surface area contributed by atoms with Gasteiger partial charge in [0, 0.05) is 44.3 Å². The molecule has 0 bridgehead atoms. The van der Waals surface area contributed by atoms with E-state index in [0.29, 0.717) is 50.5 Å². The summed E-state index contributed by atoms with van der Waals surface area (Å²) in [5, 5.41) is 32.4. The predicted octanol–water partition coefficient (Wildman–Crippen LogP) is 2.71. The molecule has 202 valence electrons. The number of aliphatic hydroxyl groups excluding tert-OH is 2. The van der Waals surface area contributed by atoms with Crippen LogP contribution in [0, 0.1) is 17.8 Å². The van der Waals surface area contributed by atoms with Crippen molar-refractivity contribution in [1.82, 2.24) is 5.32 Å². The lowest BCUT2D eigenvalue weighted by atomic mass is 9.87. The minimum absolute atomic E-state index is 0.0102. The Morgan fingerprint density at radius 2 is 1.72 bits per heavy atom. The van der Waals surface area contributed by atoms with Gasteiger partial charge < -0.3 is 20.1 Å². The Morgan fingerprint density at radius 1 is 1.11 bits per heavy atom. The fourth-order valence-corrected chi connectivity index (χ4v) is 4.28. The number of Topliss-reactive ketones (excluding diaryl/α,β-unsaturated/α-hetero) is 1. The molecule has 9 heteroatoms. The van der Waals surface area contributed by atoms with Crippen molar-refractivity contribution in [2.75, 3.05) is 7.11 Å². The Balaban J connectivity index is 2.57. The van der Waals surface area contributed by atoms with Crippen LogP contribution in [0.3, 0.4) is 0 Å².